The molecule has 3 aliphatic heterocycles. The average Bonchev–Trinajstić information content (AvgIpc) is 3.31. The molecule has 0 saturated carbocycles. The SMILES string of the molecule is O=C(COc1ccccc1)N1CCC(C(=O)N2CCN(CC3CCCO3)CC2)CC1. The van der Waals surface area contributed by atoms with Crippen molar-refractivity contribution in [1.29, 1.82) is 0 Å². The Labute approximate surface area is 178 Å². The Bertz CT molecular complexity index is 692. The van der Waals surface area contributed by atoms with Crippen LogP contribution in [0.25, 0.3) is 0 Å². The third-order valence-electron chi connectivity index (χ3n) is 6.47. The number of carbonyl (C=O) groups is 2. The smallest absolute Gasteiger partial charge is 0.260 e. The van der Waals surface area contributed by atoms with Crippen LogP contribution in [-0.2, 0) is 14.3 Å². The third kappa shape index (κ3) is 5.52. The molecular formula is C23H33N3O4. The van der Waals surface area contributed by atoms with E-state index in [9.17, 15) is 9.59 Å². The number of piperazine rings is 1. The van der Waals surface area contributed by atoms with E-state index in [-0.39, 0.29) is 24.3 Å². The number of benzene rings is 1. The summed E-state index contributed by atoms with van der Waals surface area (Å²) < 4.78 is 11.3. The number of piperidine rings is 1. The maximum Gasteiger partial charge on any atom is 0.260 e. The second kappa shape index (κ2) is 10.3. The zero-order valence-corrected chi connectivity index (χ0v) is 17.7. The summed E-state index contributed by atoms with van der Waals surface area (Å²) in [6.07, 6.45) is 4.19. The highest BCUT2D eigenvalue weighted by molar-refractivity contribution is 5.80. The van der Waals surface area contributed by atoms with Crippen molar-refractivity contribution in [3.63, 3.8) is 0 Å². The lowest BCUT2D eigenvalue weighted by Gasteiger charge is -2.39. The molecule has 0 spiro atoms. The molecule has 3 aliphatic rings. The standard InChI is InChI=1S/C23H33N3O4/c27-22(18-30-20-5-2-1-3-6-20)25-10-8-19(9-11-25)23(28)26-14-12-24(13-15-26)17-21-7-4-16-29-21/h1-3,5-6,19,21H,4,7-18H2. The number of nitrogens with zero attached hydrogens (tertiary/aromatic N) is 3. The second-order valence-corrected chi connectivity index (χ2v) is 8.52. The summed E-state index contributed by atoms with van der Waals surface area (Å²) in [7, 11) is 0. The van der Waals surface area contributed by atoms with Crippen LogP contribution >= 0.6 is 0 Å². The summed E-state index contributed by atoms with van der Waals surface area (Å²) in [5.41, 5.74) is 0. The predicted molar refractivity (Wildman–Crippen MR) is 113 cm³/mol. The van der Waals surface area contributed by atoms with E-state index in [4.69, 9.17) is 9.47 Å². The summed E-state index contributed by atoms with van der Waals surface area (Å²) >= 11 is 0. The molecule has 1 unspecified atom stereocenters. The van der Waals surface area contributed by atoms with Crippen LogP contribution < -0.4 is 4.74 Å². The van der Waals surface area contributed by atoms with Crippen molar-refractivity contribution in [3.8, 4) is 5.75 Å². The zero-order valence-electron chi connectivity index (χ0n) is 17.7. The Morgan fingerprint density at radius 3 is 2.33 bits per heavy atom. The van der Waals surface area contributed by atoms with Gasteiger partial charge in [-0.05, 0) is 37.8 Å². The number of carbonyl (C=O) groups excluding carboxylic acids is 2. The molecule has 7 nitrogen and oxygen atoms in total. The fourth-order valence-electron chi connectivity index (χ4n) is 4.61. The first kappa shape index (κ1) is 21.1. The van der Waals surface area contributed by atoms with Crippen molar-refractivity contribution >= 4 is 11.8 Å². The van der Waals surface area contributed by atoms with Crippen LogP contribution in [0.3, 0.4) is 0 Å². The normalized spacial score (nSPS) is 23.5. The molecule has 3 fully saturated rings. The van der Waals surface area contributed by atoms with E-state index in [0.717, 1.165) is 58.6 Å². The number of para-hydroxylation sites is 1. The van der Waals surface area contributed by atoms with Gasteiger partial charge in [0.25, 0.3) is 5.91 Å². The summed E-state index contributed by atoms with van der Waals surface area (Å²) in [6.45, 7) is 6.66. The maximum absolute atomic E-state index is 12.9. The molecule has 1 atom stereocenters. The fraction of sp³-hybridized carbons (Fsp3) is 0.652. The van der Waals surface area contributed by atoms with E-state index >= 15 is 0 Å². The summed E-state index contributed by atoms with van der Waals surface area (Å²) in [5.74, 6) is 0.996. The van der Waals surface area contributed by atoms with Crippen molar-refractivity contribution in [2.24, 2.45) is 5.92 Å². The minimum atomic E-state index is -0.00695. The highest BCUT2D eigenvalue weighted by Crippen LogP contribution is 2.21. The van der Waals surface area contributed by atoms with Crippen LogP contribution in [-0.4, -0.2) is 91.6 Å². The average molecular weight is 416 g/mol. The van der Waals surface area contributed by atoms with Gasteiger partial charge in [-0.25, -0.2) is 0 Å². The van der Waals surface area contributed by atoms with Crippen molar-refractivity contribution in [3.05, 3.63) is 30.3 Å². The van der Waals surface area contributed by atoms with Crippen molar-refractivity contribution in [1.82, 2.24) is 14.7 Å². The van der Waals surface area contributed by atoms with Crippen LogP contribution in [0, 0.1) is 5.92 Å². The molecule has 2 amide bonds. The number of hydrogen-bond donors (Lipinski definition) is 0. The summed E-state index contributed by atoms with van der Waals surface area (Å²) in [5, 5.41) is 0. The second-order valence-electron chi connectivity index (χ2n) is 8.52. The monoisotopic (exact) mass is 415 g/mol. The Hall–Kier alpha value is -2.12. The molecule has 3 heterocycles. The van der Waals surface area contributed by atoms with Crippen LogP contribution in [0.15, 0.2) is 30.3 Å². The van der Waals surface area contributed by atoms with Gasteiger partial charge in [-0.3, -0.25) is 14.5 Å². The van der Waals surface area contributed by atoms with E-state index in [0.29, 0.717) is 24.9 Å². The zero-order chi connectivity index (χ0) is 20.8. The number of ether oxygens (including phenoxy) is 2. The lowest BCUT2D eigenvalue weighted by molar-refractivity contribution is -0.142. The minimum Gasteiger partial charge on any atom is -0.484 e. The van der Waals surface area contributed by atoms with Gasteiger partial charge >= 0.3 is 0 Å². The number of likely N-dealkylation sites (tertiary alicyclic amines) is 1. The molecule has 4 rings (SSSR count). The van der Waals surface area contributed by atoms with Crippen molar-refractivity contribution < 1.29 is 19.1 Å². The van der Waals surface area contributed by atoms with Crippen molar-refractivity contribution in [2.45, 2.75) is 31.8 Å². The van der Waals surface area contributed by atoms with Crippen LogP contribution in [0.4, 0.5) is 0 Å². The van der Waals surface area contributed by atoms with E-state index in [1.807, 2.05) is 40.1 Å². The van der Waals surface area contributed by atoms with Crippen LogP contribution in [0.2, 0.25) is 0 Å². The quantitative estimate of drug-likeness (QED) is 0.707. The van der Waals surface area contributed by atoms with Gasteiger partial charge in [0.2, 0.25) is 5.91 Å². The first-order chi connectivity index (χ1) is 14.7. The molecule has 0 aromatic heterocycles. The molecular weight excluding hydrogens is 382 g/mol. The molecule has 1 aromatic carbocycles. The lowest BCUT2D eigenvalue weighted by Crippen LogP contribution is -2.53. The van der Waals surface area contributed by atoms with Gasteiger partial charge in [-0.15, -0.1) is 0 Å². The molecule has 1 aromatic rings. The minimum absolute atomic E-state index is 0.00695. The van der Waals surface area contributed by atoms with Gasteiger partial charge in [0.15, 0.2) is 6.61 Å². The van der Waals surface area contributed by atoms with Gasteiger partial charge in [0, 0.05) is 58.3 Å². The van der Waals surface area contributed by atoms with E-state index in [1.165, 1.54) is 6.42 Å². The van der Waals surface area contributed by atoms with Crippen LogP contribution in [0.5, 0.6) is 5.75 Å². The summed E-state index contributed by atoms with van der Waals surface area (Å²) in [6, 6.07) is 9.39. The Balaban J connectivity index is 1.16. The predicted octanol–water partition coefficient (Wildman–Crippen LogP) is 1.63. The molecule has 0 aliphatic carbocycles. The first-order valence-corrected chi connectivity index (χ1v) is 11.3. The Kier molecular flexibility index (Phi) is 7.23. The van der Waals surface area contributed by atoms with E-state index < -0.39 is 0 Å². The topological polar surface area (TPSA) is 62.3 Å². The lowest BCUT2D eigenvalue weighted by atomic mass is 9.95. The number of hydrogen-bond acceptors (Lipinski definition) is 5. The van der Waals surface area contributed by atoms with E-state index in [1.54, 1.807) is 0 Å². The molecule has 30 heavy (non-hydrogen) atoms. The largest absolute Gasteiger partial charge is 0.484 e. The molecule has 7 heteroatoms. The van der Waals surface area contributed by atoms with Gasteiger partial charge < -0.3 is 19.3 Å². The molecule has 3 saturated heterocycles. The van der Waals surface area contributed by atoms with E-state index in [2.05, 4.69) is 4.90 Å². The van der Waals surface area contributed by atoms with Gasteiger partial charge in [-0.2, -0.15) is 0 Å². The van der Waals surface area contributed by atoms with Crippen LogP contribution in [0.1, 0.15) is 25.7 Å². The summed E-state index contributed by atoms with van der Waals surface area (Å²) in [4.78, 5) is 31.6. The highest BCUT2D eigenvalue weighted by Gasteiger charge is 2.32. The van der Waals surface area contributed by atoms with Gasteiger partial charge in [-0.1, -0.05) is 18.2 Å². The third-order valence-corrected chi connectivity index (χ3v) is 6.47. The number of rotatable bonds is 6. The van der Waals surface area contributed by atoms with Gasteiger partial charge in [0.05, 0.1) is 6.10 Å². The van der Waals surface area contributed by atoms with Gasteiger partial charge in [0.1, 0.15) is 5.75 Å². The maximum atomic E-state index is 12.9. The molecule has 164 valence electrons. The Morgan fingerprint density at radius 2 is 1.67 bits per heavy atom. The molecule has 0 N–H and O–H groups in total. The molecule has 0 bridgehead atoms. The van der Waals surface area contributed by atoms with Crippen molar-refractivity contribution in [2.75, 3.05) is 59.0 Å². The fourth-order valence-corrected chi connectivity index (χ4v) is 4.61. The highest BCUT2D eigenvalue weighted by atomic mass is 16.5. The number of amides is 2. The molecule has 0 radical (unpaired) electrons. The first-order valence-electron chi connectivity index (χ1n) is 11.3. The Morgan fingerprint density at radius 1 is 0.933 bits per heavy atom.